The van der Waals surface area contributed by atoms with E-state index in [4.69, 9.17) is 6.42 Å². The minimum absolute atomic E-state index is 0.0811. The molecule has 0 spiro atoms. The molecule has 1 amide bonds. The number of nitrogens with one attached hydrogen (secondary N) is 1. The number of aryl methyl sites for hydroxylation is 1. The van der Waals surface area contributed by atoms with Crippen molar-refractivity contribution < 1.29 is 4.79 Å². The maximum absolute atomic E-state index is 13.2. The van der Waals surface area contributed by atoms with Crippen molar-refractivity contribution in [1.82, 2.24) is 14.9 Å². The molecule has 162 valence electrons. The number of hydrogen-bond donors (Lipinski definition) is 1. The molecule has 5 heteroatoms. The molecule has 1 N–H and O–H groups in total. The first kappa shape index (κ1) is 21.6. The van der Waals surface area contributed by atoms with E-state index in [9.17, 15) is 4.79 Å². The summed E-state index contributed by atoms with van der Waals surface area (Å²) >= 11 is 0. The van der Waals surface area contributed by atoms with Crippen molar-refractivity contribution in [3.8, 4) is 23.5 Å². The lowest BCUT2D eigenvalue weighted by molar-refractivity contribution is 0.0712. The van der Waals surface area contributed by atoms with Crippen LogP contribution in [0.15, 0.2) is 54.9 Å². The first-order valence-electron chi connectivity index (χ1n) is 11.1. The molecule has 1 aliphatic heterocycles. The number of carbonyl (C=O) groups excluding carboxylic acids is 1. The van der Waals surface area contributed by atoms with Crippen LogP contribution >= 0.6 is 0 Å². The van der Waals surface area contributed by atoms with E-state index < -0.39 is 0 Å². The monoisotopic (exact) mass is 424 g/mol. The number of pyridine rings is 2. The van der Waals surface area contributed by atoms with Gasteiger partial charge in [0.2, 0.25) is 0 Å². The predicted octanol–water partition coefficient (Wildman–Crippen LogP) is 4.88. The third-order valence-corrected chi connectivity index (χ3v) is 6.07. The third-order valence-electron chi connectivity index (χ3n) is 6.07. The van der Waals surface area contributed by atoms with Gasteiger partial charge < -0.3 is 10.2 Å². The van der Waals surface area contributed by atoms with Gasteiger partial charge in [-0.05, 0) is 74.2 Å². The molecular weight excluding hydrogens is 396 g/mol. The van der Waals surface area contributed by atoms with E-state index in [2.05, 4.69) is 28.1 Å². The molecule has 2 aromatic heterocycles. The van der Waals surface area contributed by atoms with Crippen LogP contribution in [0.1, 0.15) is 52.9 Å². The average Bonchev–Trinajstić information content (AvgIpc) is 2.85. The van der Waals surface area contributed by atoms with Gasteiger partial charge in [0.1, 0.15) is 5.82 Å². The van der Waals surface area contributed by atoms with E-state index in [1.807, 2.05) is 60.5 Å². The van der Waals surface area contributed by atoms with Crippen LogP contribution < -0.4 is 5.32 Å². The van der Waals surface area contributed by atoms with E-state index in [0.717, 1.165) is 71.8 Å². The van der Waals surface area contributed by atoms with Crippen molar-refractivity contribution in [1.29, 1.82) is 0 Å². The Morgan fingerprint density at radius 1 is 1.12 bits per heavy atom. The molecule has 5 nitrogen and oxygen atoms in total. The Labute approximate surface area is 189 Å². The van der Waals surface area contributed by atoms with Gasteiger partial charge in [-0.2, -0.15) is 0 Å². The highest BCUT2D eigenvalue weighted by molar-refractivity contribution is 5.96. The van der Waals surface area contributed by atoms with Crippen molar-refractivity contribution in [2.75, 3.05) is 25.0 Å². The molecular formula is C27H28N4O. The van der Waals surface area contributed by atoms with Gasteiger partial charge in [0.25, 0.3) is 5.91 Å². The fourth-order valence-electron chi connectivity index (χ4n) is 4.20. The highest BCUT2D eigenvalue weighted by Crippen LogP contribution is 2.29. The molecule has 0 saturated carbocycles. The highest BCUT2D eigenvalue weighted by atomic mass is 16.2. The predicted molar refractivity (Wildman–Crippen MR) is 129 cm³/mol. The second-order valence-electron chi connectivity index (χ2n) is 8.17. The quantitative estimate of drug-likeness (QED) is 0.593. The second-order valence-corrected chi connectivity index (χ2v) is 8.17. The number of anilines is 1. The molecule has 32 heavy (non-hydrogen) atoms. The van der Waals surface area contributed by atoms with Crippen molar-refractivity contribution in [3.05, 3.63) is 77.2 Å². The minimum atomic E-state index is 0.0811. The van der Waals surface area contributed by atoms with E-state index in [0.29, 0.717) is 5.92 Å². The SMILES string of the molecule is C#Cc1ccc(C2CCN(C(=O)c3ccc(C)c(-c4ccc(NCC)nc4)c3)CC2)nc1. The van der Waals surface area contributed by atoms with Crippen molar-refractivity contribution in [2.45, 2.75) is 32.6 Å². The van der Waals surface area contributed by atoms with E-state index in [1.165, 1.54) is 0 Å². The van der Waals surface area contributed by atoms with Crippen LogP contribution in [0, 0.1) is 19.3 Å². The van der Waals surface area contributed by atoms with Gasteiger partial charge in [0, 0.05) is 60.3 Å². The highest BCUT2D eigenvalue weighted by Gasteiger charge is 2.25. The van der Waals surface area contributed by atoms with Crippen LogP contribution in [-0.4, -0.2) is 40.4 Å². The number of terminal acetylenes is 1. The molecule has 1 saturated heterocycles. The largest absolute Gasteiger partial charge is 0.370 e. The molecule has 4 rings (SSSR count). The molecule has 1 aromatic carbocycles. The maximum Gasteiger partial charge on any atom is 0.253 e. The molecule has 3 heterocycles. The summed E-state index contributed by atoms with van der Waals surface area (Å²) < 4.78 is 0. The Morgan fingerprint density at radius 3 is 2.56 bits per heavy atom. The van der Waals surface area contributed by atoms with Gasteiger partial charge in [-0.25, -0.2) is 4.98 Å². The summed E-state index contributed by atoms with van der Waals surface area (Å²) in [4.78, 5) is 24.2. The van der Waals surface area contributed by atoms with Crippen LogP contribution in [0.2, 0.25) is 0 Å². The molecule has 0 radical (unpaired) electrons. The summed E-state index contributed by atoms with van der Waals surface area (Å²) in [6.45, 7) is 6.39. The summed E-state index contributed by atoms with van der Waals surface area (Å²) in [6.07, 6.45) is 10.8. The standard InChI is InChI=1S/C27H28N4O/c1-4-20-7-10-25(29-17-20)21-12-14-31(15-13-21)27(32)22-8-6-19(3)24(16-22)23-9-11-26(28-5-2)30-18-23/h1,6-11,16-18,21H,5,12-15H2,2-3H3,(H,28,30). The normalized spacial score (nSPS) is 14.1. The molecule has 0 unspecified atom stereocenters. The first-order chi connectivity index (χ1) is 15.6. The van der Waals surface area contributed by atoms with Crippen LogP contribution in [0.3, 0.4) is 0 Å². The molecule has 0 atom stereocenters. The van der Waals surface area contributed by atoms with E-state index in [1.54, 1.807) is 6.20 Å². The zero-order valence-electron chi connectivity index (χ0n) is 18.6. The lowest BCUT2D eigenvalue weighted by atomic mass is 9.92. The summed E-state index contributed by atoms with van der Waals surface area (Å²) in [5.74, 6) is 3.90. The second kappa shape index (κ2) is 9.65. The number of amides is 1. The number of nitrogens with zero attached hydrogens (tertiary/aromatic N) is 3. The van der Waals surface area contributed by atoms with E-state index in [-0.39, 0.29) is 5.91 Å². The summed E-state index contributed by atoms with van der Waals surface area (Å²) in [5, 5.41) is 3.21. The van der Waals surface area contributed by atoms with Crippen molar-refractivity contribution >= 4 is 11.7 Å². The number of benzene rings is 1. The zero-order chi connectivity index (χ0) is 22.5. The van der Waals surface area contributed by atoms with Gasteiger partial charge in [-0.3, -0.25) is 9.78 Å². The smallest absolute Gasteiger partial charge is 0.253 e. The van der Waals surface area contributed by atoms with Crippen LogP contribution in [0.25, 0.3) is 11.1 Å². The zero-order valence-corrected chi connectivity index (χ0v) is 18.6. The maximum atomic E-state index is 13.2. The van der Waals surface area contributed by atoms with Gasteiger partial charge in [-0.15, -0.1) is 6.42 Å². The van der Waals surface area contributed by atoms with Crippen LogP contribution in [0.4, 0.5) is 5.82 Å². The molecule has 0 bridgehead atoms. The Balaban J connectivity index is 1.45. The summed E-state index contributed by atoms with van der Waals surface area (Å²) in [6, 6.07) is 13.9. The Kier molecular flexibility index (Phi) is 6.51. The fraction of sp³-hybridized carbons (Fsp3) is 0.296. The summed E-state index contributed by atoms with van der Waals surface area (Å²) in [7, 11) is 0. The lowest BCUT2D eigenvalue weighted by Crippen LogP contribution is -2.38. The molecule has 0 aliphatic carbocycles. The molecule has 1 aliphatic rings. The van der Waals surface area contributed by atoms with E-state index >= 15 is 0 Å². The number of rotatable bonds is 5. The van der Waals surface area contributed by atoms with Crippen molar-refractivity contribution in [3.63, 3.8) is 0 Å². The lowest BCUT2D eigenvalue weighted by Gasteiger charge is -2.32. The number of hydrogen-bond acceptors (Lipinski definition) is 4. The Morgan fingerprint density at radius 2 is 1.94 bits per heavy atom. The van der Waals surface area contributed by atoms with Gasteiger partial charge in [0.15, 0.2) is 0 Å². The van der Waals surface area contributed by atoms with Gasteiger partial charge >= 0.3 is 0 Å². The van der Waals surface area contributed by atoms with Crippen molar-refractivity contribution in [2.24, 2.45) is 0 Å². The van der Waals surface area contributed by atoms with Crippen LogP contribution in [-0.2, 0) is 0 Å². The van der Waals surface area contributed by atoms with Gasteiger partial charge in [0.05, 0.1) is 0 Å². The number of likely N-dealkylation sites (tertiary alicyclic amines) is 1. The topological polar surface area (TPSA) is 58.1 Å². The number of piperidine rings is 1. The Hall–Kier alpha value is -3.65. The number of carbonyl (C=O) groups is 1. The van der Waals surface area contributed by atoms with Crippen LogP contribution in [0.5, 0.6) is 0 Å². The average molecular weight is 425 g/mol. The molecule has 3 aromatic rings. The Bertz CT molecular complexity index is 1120. The number of aromatic nitrogens is 2. The first-order valence-corrected chi connectivity index (χ1v) is 11.1. The third kappa shape index (κ3) is 4.65. The molecule has 1 fully saturated rings. The van der Waals surface area contributed by atoms with Gasteiger partial charge in [-0.1, -0.05) is 12.0 Å². The summed E-state index contributed by atoms with van der Waals surface area (Å²) in [5.41, 5.74) is 5.75. The minimum Gasteiger partial charge on any atom is -0.370 e. The fourth-order valence-corrected chi connectivity index (χ4v) is 4.20.